The number of hydrogen-bond acceptors (Lipinski definition) is 3. The number of nitrogens with zero attached hydrogens (tertiary/aromatic N) is 1. The largest absolute Gasteiger partial charge is 0.308 e. The van der Waals surface area contributed by atoms with Crippen molar-refractivity contribution in [3.63, 3.8) is 0 Å². The molecule has 3 unspecified atom stereocenters. The Morgan fingerprint density at radius 3 is 2.86 bits per heavy atom. The minimum atomic E-state index is -0.0594. The second-order valence-electron chi connectivity index (χ2n) is 8.11. The van der Waals surface area contributed by atoms with Gasteiger partial charge in [-0.15, -0.1) is 0 Å². The summed E-state index contributed by atoms with van der Waals surface area (Å²) in [7, 11) is 0. The smallest absolute Gasteiger partial charge is 0.242 e. The highest BCUT2D eigenvalue weighted by Gasteiger charge is 2.38. The van der Waals surface area contributed by atoms with Crippen molar-refractivity contribution in [2.45, 2.75) is 71.4 Å². The summed E-state index contributed by atoms with van der Waals surface area (Å²) in [4.78, 5) is 12.4. The summed E-state index contributed by atoms with van der Waals surface area (Å²) >= 11 is 0. The van der Waals surface area contributed by atoms with E-state index in [2.05, 4.69) is 41.6 Å². The molecule has 0 spiro atoms. The van der Waals surface area contributed by atoms with Gasteiger partial charge in [-0.25, -0.2) is 0 Å². The van der Waals surface area contributed by atoms with Gasteiger partial charge in [0, 0.05) is 17.8 Å². The van der Waals surface area contributed by atoms with Gasteiger partial charge in [-0.3, -0.25) is 9.89 Å². The minimum absolute atomic E-state index is 0.0585. The first-order valence-corrected chi connectivity index (χ1v) is 8.52. The highest BCUT2D eigenvalue weighted by Crippen LogP contribution is 2.33. The lowest BCUT2D eigenvalue weighted by molar-refractivity contribution is -0.117. The minimum Gasteiger partial charge on any atom is -0.308 e. The van der Waals surface area contributed by atoms with Crippen LogP contribution in [0.25, 0.3) is 0 Å². The van der Waals surface area contributed by atoms with Crippen LogP contribution in [0.15, 0.2) is 6.07 Å². The second kappa shape index (κ2) is 6.03. The Hall–Kier alpha value is -1.36. The van der Waals surface area contributed by atoms with Crippen molar-refractivity contribution < 1.29 is 4.79 Å². The van der Waals surface area contributed by atoms with Gasteiger partial charge in [0.1, 0.15) is 0 Å². The van der Waals surface area contributed by atoms with E-state index < -0.39 is 0 Å². The second-order valence-corrected chi connectivity index (χ2v) is 8.11. The predicted molar refractivity (Wildman–Crippen MR) is 87.7 cm³/mol. The zero-order valence-corrected chi connectivity index (χ0v) is 13.9. The summed E-state index contributed by atoms with van der Waals surface area (Å²) in [6.45, 7) is 6.57. The van der Waals surface area contributed by atoms with Crippen LogP contribution in [-0.2, 0) is 11.2 Å². The van der Waals surface area contributed by atoms with E-state index in [1.165, 1.54) is 25.7 Å². The van der Waals surface area contributed by atoms with E-state index in [-0.39, 0.29) is 17.4 Å². The molecule has 5 heteroatoms. The molecule has 1 saturated carbocycles. The number of nitrogens with one attached hydrogen (secondary N) is 3. The van der Waals surface area contributed by atoms with Crippen molar-refractivity contribution in [2.75, 3.05) is 5.32 Å². The molecule has 2 heterocycles. The van der Waals surface area contributed by atoms with Gasteiger partial charge in [-0.2, -0.15) is 5.10 Å². The lowest BCUT2D eigenvalue weighted by Gasteiger charge is -2.24. The lowest BCUT2D eigenvalue weighted by atomic mass is 9.85. The first-order valence-electron chi connectivity index (χ1n) is 8.52. The van der Waals surface area contributed by atoms with Crippen molar-refractivity contribution in [3.05, 3.63) is 11.8 Å². The van der Waals surface area contributed by atoms with E-state index in [4.69, 9.17) is 0 Å². The van der Waals surface area contributed by atoms with Gasteiger partial charge < -0.3 is 10.6 Å². The van der Waals surface area contributed by atoms with Crippen molar-refractivity contribution >= 4 is 11.7 Å². The maximum Gasteiger partial charge on any atom is 0.242 e. The number of aromatic nitrogens is 2. The number of H-pyrrole nitrogens is 1. The maximum absolute atomic E-state index is 12.4. The van der Waals surface area contributed by atoms with Crippen molar-refractivity contribution in [1.29, 1.82) is 0 Å². The fourth-order valence-electron chi connectivity index (χ4n) is 3.82. The third kappa shape index (κ3) is 3.69. The molecular weight excluding hydrogens is 276 g/mol. The number of hydrogen-bond donors (Lipinski definition) is 3. The van der Waals surface area contributed by atoms with Crippen molar-refractivity contribution in [1.82, 2.24) is 15.5 Å². The van der Waals surface area contributed by atoms with E-state index in [1.54, 1.807) is 0 Å². The van der Waals surface area contributed by atoms with E-state index in [0.29, 0.717) is 17.8 Å². The monoisotopic (exact) mass is 304 g/mol. The third-order valence-corrected chi connectivity index (χ3v) is 4.78. The van der Waals surface area contributed by atoms with Crippen LogP contribution in [0.5, 0.6) is 0 Å². The Balaban J connectivity index is 1.56. The normalized spacial score (nSPS) is 28.4. The number of carbonyl (C=O) groups excluding carboxylic acids is 1. The number of fused-ring (bicyclic) bond motifs is 1. The Labute approximate surface area is 132 Å². The number of carbonyl (C=O) groups is 1. The summed E-state index contributed by atoms with van der Waals surface area (Å²) in [5.41, 5.74) is 1.27. The van der Waals surface area contributed by atoms with Crippen LogP contribution in [-0.4, -0.2) is 28.2 Å². The highest BCUT2D eigenvalue weighted by molar-refractivity contribution is 5.94. The van der Waals surface area contributed by atoms with Crippen LogP contribution in [0.2, 0.25) is 0 Å². The molecule has 1 aliphatic carbocycles. The molecular formula is C17H28N4O. The molecule has 3 N–H and O–H groups in total. The van der Waals surface area contributed by atoms with E-state index in [9.17, 15) is 4.79 Å². The number of aromatic amines is 1. The Kier molecular flexibility index (Phi) is 4.26. The van der Waals surface area contributed by atoms with Gasteiger partial charge in [-0.1, -0.05) is 33.6 Å². The summed E-state index contributed by atoms with van der Waals surface area (Å²) in [6, 6.07) is 2.43. The predicted octanol–water partition coefficient (Wildman–Crippen LogP) is 2.86. The van der Waals surface area contributed by atoms with Gasteiger partial charge in [0.25, 0.3) is 0 Å². The average Bonchev–Trinajstić information content (AvgIpc) is 3.03. The topological polar surface area (TPSA) is 69.8 Å². The molecule has 1 aliphatic heterocycles. The summed E-state index contributed by atoms with van der Waals surface area (Å²) < 4.78 is 0. The fourth-order valence-corrected chi connectivity index (χ4v) is 3.82. The van der Waals surface area contributed by atoms with Crippen LogP contribution in [0.3, 0.4) is 0 Å². The van der Waals surface area contributed by atoms with Gasteiger partial charge in [0.05, 0.1) is 6.04 Å². The Morgan fingerprint density at radius 2 is 2.14 bits per heavy atom. The summed E-state index contributed by atoms with van der Waals surface area (Å²) in [6.07, 6.45) is 6.97. The molecule has 22 heavy (non-hydrogen) atoms. The number of anilines is 1. The molecule has 1 aromatic rings. The molecule has 0 aromatic carbocycles. The standard InChI is InChI=1S/C17H28N4O/c1-17(2,3)10-12-9-15(21-20-12)19-16(22)14-8-11-6-4-5-7-13(11)18-14/h9,11,13-14,18H,4-8,10H2,1-3H3,(H2,19,20,21,22). The van der Waals surface area contributed by atoms with Crippen LogP contribution in [0.4, 0.5) is 5.82 Å². The zero-order chi connectivity index (χ0) is 15.7. The van der Waals surface area contributed by atoms with E-state index in [0.717, 1.165) is 18.5 Å². The van der Waals surface area contributed by atoms with E-state index in [1.807, 2.05) is 6.07 Å². The molecule has 0 radical (unpaired) electrons. The molecule has 3 rings (SSSR count). The Bertz CT molecular complexity index is 517. The molecule has 2 fully saturated rings. The van der Waals surface area contributed by atoms with Crippen LogP contribution in [0.1, 0.15) is 58.6 Å². The molecule has 3 atom stereocenters. The fraction of sp³-hybridized carbons (Fsp3) is 0.765. The third-order valence-electron chi connectivity index (χ3n) is 4.78. The van der Waals surface area contributed by atoms with Gasteiger partial charge in [0.15, 0.2) is 5.82 Å². The molecule has 1 amide bonds. The van der Waals surface area contributed by atoms with Gasteiger partial charge in [0.2, 0.25) is 5.91 Å². The average molecular weight is 304 g/mol. The molecule has 1 saturated heterocycles. The summed E-state index contributed by atoms with van der Waals surface area (Å²) in [5, 5.41) is 13.7. The quantitative estimate of drug-likeness (QED) is 0.804. The molecule has 2 aliphatic rings. The zero-order valence-electron chi connectivity index (χ0n) is 13.9. The molecule has 1 aromatic heterocycles. The van der Waals surface area contributed by atoms with Gasteiger partial charge >= 0.3 is 0 Å². The van der Waals surface area contributed by atoms with E-state index >= 15 is 0 Å². The molecule has 5 nitrogen and oxygen atoms in total. The SMILES string of the molecule is CC(C)(C)Cc1cc(NC(=O)C2CC3CCCCC3N2)n[nH]1. The molecule has 122 valence electrons. The number of amides is 1. The first-order chi connectivity index (χ1) is 10.4. The first kappa shape index (κ1) is 15.5. The maximum atomic E-state index is 12.4. The van der Waals surface area contributed by atoms with Crippen molar-refractivity contribution in [2.24, 2.45) is 11.3 Å². The lowest BCUT2D eigenvalue weighted by Crippen LogP contribution is -2.39. The van der Waals surface area contributed by atoms with Gasteiger partial charge in [-0.05, 0) is 37.0 Å². The number of rotatable bonds is 3. The van der Waals surface area contributed by atoms with Crippen LogP contribution in [0, 0.1) is 11.3 Å². The van der Waals surface area contributed by atoms with Crippen LogP contribution >= 0.6 is 0 Å². The molecule has 0 bridgehead atoms. The van der Waals surface area contributed by atoms with Crippen molar-refractivity contribution in [3.8, 4) is 0 Å². The Morgan fingerprint density at radius 1 is 1.36 bits per heavy atom. The highest BCUT2D eigenvalue weighted by atomic mass is 16.2. The van der Waals surface area contributed by atoms with Crippen LogP contribution < -0.4 is 10.6 Å². The summed E-state index contributed by atoms with van der Waals surface area (Å²) in [5.74, 6) is 1.38.